The summed E-state index contributed by atoms with van der Waals surface area (Å²) in [6.07, 6.45) is -2.08. The first-order valence-electron chi connectivity index (χ1n) is 2.41. The second-order valence-electron chi connectivity index (χ2n) is 1.75. The van der Waals surface area contributed by atoms with E-state index in [0.717, 1.165) is 0 Å². The van der Waals surface area contributed by atoms with E-state index in [1.54, 1.807) is 0 Å². The van der Waals surface area contributed by atoms with Crippen LogP contribution in [0.1, 0.15) is 0 Å². The zero-order valence-corrected chi connectivity index (χ0v) is 16.0. The molecule has 0 aromatic carbocycles. The van der Waals surface area contributed by atoms with Gasteiger partial charge in [-0.15, -0.1) is 0 Å². The van der Waals surface area contributed by atoms with E-state index >= 15 is 0 Å². The van der Waals surface area contributed by atoms with Crippen molar-refractivity contribution in [3.8, 4) is 0 Å². The third kappa shape index (κ3) is 17.6. The van der Waals surface area contributed by atoms with Crippen molar-refractivity contribution >= 4 is 15.2 Å². The predicted octanol–water partition coefficient (Wildman–Crippen LogP) is -11.0. The Kier molecular flexibility index (Phi) is 21.1. The second-order valence-corrected chi connectivity index (χ2v) is 5.25. The van der Waals surface area contributed by atoms with Crippen molar-refractivity contribution in [2.75, 3.05) is 12.3 Å². The Bertz CT molecular complexity index is 215. The summed E-state index contributed by atoms with van der Waals surface area (Å²) >= 11 is 0. The molecule has 68 valence electrons. The van der Waals surface area contributed by atoms with Crippen LogP contribution in [0.3, 0.4) is 0 Å². The number of hydrogen-bond donors (Lipinski definition) is 1. The van der Waals surface area contributed by atoms with Crippen molar-refractivity contribution in [1.29, 1.82) is 0 Å². The van der Waals surface area contributed by atoms with Gasteiger partial charge in [0.2, 0.25) is 0 Å². The Morgan fingerprint density at radius 2 is 1.36 bits per heavy atom. The minimum absolute atomic E-state index is 0. The Morgan fingerprint density at radius 3 is 1.57 bits per heavy atom. The van der Waals surface area contributed by atoms with E-state index in [-0.39, 0.29) is 88.7 Å². The van der Waals surface area contributed by atoms with Crippen molar-refractivity contribution in [3.05, 3.63) is 0 Å². The summed E-state index contributed by atoms with van der Waals surface area (Å²) < 4.78 is 23.0. The molecule has 0 aromatic rings. The summed E-state index contributed by atoms with van der Waals surface area (Å²) in [5, 5.41) is 7.62. The van der Waals surface area contributed by atoms with E-state index in [1.807, 2.05) is 0 Å². The van der Waals surface area contributed by atoms with Gasteiger partial charge in [-0.25, -0.2) is 5.26 Å². The van der Waals surface area contributed by atoms with E-state index in [1.165, 1.54) is 0 Å². The molecule has 1 unspecified atom stereocenters. The molecule has 0 bridgehead atoms. The molecule has 14 heavy (non-hydrogen) atoms. The summed E-state index contributed by atoms with van der Waals surface area (Å²) in [5.74, 6) is 0. The van der Waals surface area contributed by atoms with Crippen LogP contribution in [0.4, 0.5) is 0 Å². The average Bonchev–Trinajstić information content (AvgIpc) is 1.83. The fraction of sp³-hybridized carbons (Fsp3) is 1.00. The van der Waals surface area contributed by atoms with Crippen LogP contribution in [0.15, 0.2) is 0 Å². The molecule has 1 atom stereocenters. The molecule has 0 radical (unpaired) electrons. The third-order valence-corrected chi connectivity index (χ3v) is 2.92. The largest absolute Gasteiger partial charge is 1.00 e. The molecule has 0 rings (SSSR count). The quantitative estimate of drug-likeness (QED) is 0.232. The van der Waals surface area contributed by atoms with Gasteiger partial charge in [0, 0.05) is 6.16 Å². The molecule has 0 aliphatic rings. The van der Waals surface area contributed by atoms with Crippen LogP contribution in [0, 0.1) is 0 Å². The first kappa shape index (κ1) is 26.0. The summed E-state index contributed by atoms with van der Waals surface area (Å²) in [6.45, 7) is 0. The number of rotatable bonds is 4. The van der Waals surface area contributed by atoms with Gasteiger partial charge in [0.25, 0.3) is 0 Å². The van der Waals surface area contributed by atoms with Gasteiger partial charge in [0.1, 0.15) is 0 Å². The van der Waals surface area contributed by atoms with Gasteiger partial charge >= 0.3 is 88.7 Å². The monoisotopic (exact) mass is 272 g/mol. The average molecular weight is 272 g/mol. The molecular weight excluding hydrogens is 267 g/mol. The van der Waals surface area contributed by atoms with Crippen molar-refractivity contribution in [3.63, 3.8) is 0 Å². The maximum Gasteiger partial charge on any atom is 1.00 e. The molecular formula is C2H5Na3O7P2. The zero-order valence-electron chi connectivity index (χ0n) is 8.21. The smallest absolute Gasteiger partial charge is 0.811 e. The Balaban J connectivity index is -0.000000167. The van der Waals surface area contributed by atoms with E-state index < -0.39 is 27.5 Å². The van der Waals surface area contributed by atoms with Gasteiger partial charge in [-0.2, -0.15) is 4.67 Å². The molecule has 0 heterocycles. The van der Waals surface area contributed by atoms with Crippen molar-refractivity contribution < 1.29 is 122 Å². The van der Waals surface area contributed by atoms with Crippen LogP contribution in [0.25, 0.3) is 0 Å². The fourth-order valence-corrected chi connectivity index (χ4v) is 2.33. The fourth-order valence-electron chi connectivity index (χ4n) is 0.286. The zero-order chi connectivity index (χ0) is 9.12. The molecule has 1 N–H and O–H groups in total. The van der Waals surface area contributed by atoms with Crippen LogP contribution in [-0.4, -0.2) is 17.6 Å². The van der Waals surface area contributed by atoms with Crippen LogP contribution in [-0.2, 0) is 13.8 Å². The van der Waals surface area contributed by atoms with Gasteiger partial charge < -0.3 is 23.8 Å². The Morgan fingerprint density at radius 1 is 1.00 bits per heavy atom. The first-order chi connectivity index (χ1) is 4.77. The molecule has 0 saturated carbocycles. The molecule has 0 aromatic heterocycles. The van der Waals surface area contributed by atoms with Gasteiger partial charge in [-0.1, -0.05) is 7.60 Å². The molecule has 0 saturated heterocycles. The third-order valence-electron chi connectivity index (χ3n) is 0.772. The summed E-state index contributed by atoms with van der Waals surface area (Å²) in [7, 11) is -9.38. The van der Waals surface area contributed by atoms with E-state index in [4.69, 9.17) is 5.26 Å². The minimum atomic E-state index is -4.84. The normalized spacial score (nSPS) is 14.0. The molecule has 0 aliphatic heterocycles. The molecule has 0 amide bonds. The Hall–Kier alpha value is 3.26. The van der Waals surface area contributed by atoms with Gasteiger partial charge in [0.15, 0.2) is 7.60 Å². The van der Waals surface area contributed by atoms with Gasteiger partial charge in [-0.3, -0.25) is 0 Å². The second kappa shape index (κ2) is 11.4. The summed E-state index contributed by atoms with van der Waals surface area (Å²) in [4.78, 5) is 29.9. The van der Waals surface area contributed by atoms with Crippen molar-refractivity contribution in [2.24, 2.45) is 0 Å². The maximum absolute atomic E-state index is 10.2. The Labute approximate surface area is 147 Å². The molecule has 0 aliphatic carbocycles. The summed E-state index contributed by atoms with van der Waals surface area (Å²) in [6, 6.07) is 0. The van der Waals surface area contributed by atoms with Crippen molar-refractivity contribution in [1.82, 2.24) is 0 Å². The standard InChI is InChI=1S/C2H8O7P2.3Na/c3-9-11(7,8)2-1-10(4,5)6;;;/h3H,1-2H2,(H,7,8)(H2,4,5,6);;;/q;3*+1/p-3. The first-order valence-corrected chi connectivity index (χ1v) is 5.87. The molecule has 7 nitrogen and oxygen atoms in total. The molecule has 0 fully saturated rings. The van der Waals surface area contributed by atoms with Crippen LogP contribution in [0.5, 0.6) is 0 Å². The topological polar surface area (TPSA) is 133 Å². The van der Waals surface area contributed by atoms with E-state index in [9.17, 15) is 23.8 Å². The van der Waals surface area contributed by atoms with E-state index in [2.05, 4.69) is 4.67 Å². The van der Waals surface area contributed by atoms with E-state index in [0.29, 0.717) is 0 Å². The van der Waals surface area contributed by atoms with Gasteiger partial charge in [0.05, 0.1) is 0 Å². The van der Waals surface area contributed by atoms with Gasteiger partial charge in [-0.05, 0) is 6.16 Å². The van der Waals surface area contributed by atoms with Crippen LogP contribution in [0.2, 0.25) is 0 Å². The SMILES string of the molecule is O=P([O-])([O-])CCP(=O)([O-])OO.[Na+].[Na+].[Na+]. The van der Waals surface area contributed by atoms with Crippen LogP contribution < -0.4 is 103 Å². The molecule has 0 spiro atoms. The van der Waals surface area contributed by atoms with Crippen LogP contribution >= 0.6 is 15.2 Å². The number of hydrogen-bond acceptors (Lipinski definition) is 7. The van der Waals surface area contributed by atoms with Crippen molar-refractivity contribution in [2.45, 2.75) is 0 Å². The predicted molar refractivity (Wildman–Crippen MR) is 28.7 cm³/mol. The maximum atomic E-state index is 10.2. The molecule has 12 heteroatoms. The minimum Gasteiger partial charge on any atom is -0.811 e. The summed E-state index contributed by atoms with van der Waals surface area (Å²) in [5.41, 5.74) is 0.